The van der Waals surface area contributed by atoms with E-state index < -0.39 is 12.6 Å². The van der Waals surface area contributed by atoms with Crippen LogP contribution in [-0.4, -0.2) is 67.3 Å². The first-order valence-corrected chi connectivity index (χ1v) is 9.33. The largest absolute Gasteiger partial charge is 0.390 e. The summed E-state index contributed by atoms with van der Waals surface area (Å²) >= 11 is 0. The first kappa shape index (κ1) is 19.4. The number of fused-ring (bicyclic) bond motifs is 1. The number of pyridine rings is 1. The number of aromatic nitrogens is 5. The zero-order valence-corrected chi connectivity index (χ0v) is 15.5. The molecule has 0 atom stereocenters. The van der Waals surface area contributed by atoms with Gasteiger partial charge < -0.3 is 10.2 Å². The monoisotopic (exact) mass is 407 g/mol. The Morgan fingerprint density at radius 3 is 2.76 bits per heavy atom. The lowest BCUT2D eigenvalue weighted by atomic mass is 10.0. The van der Waals surface area contributed by atoms with Crippen molar-refractivity contribution >= 4 is 11.4 Å². The predicted molar refractivity (Wildman–Crippen MR) is 97.7 cm³/mol. The Morgan fingerprint density at radius 2 is 2.00 bits per heavy atom. The molecule has 1 saturated heterocycles. The molecule has 0 saturated carbocycles. The van der Waals surface area contributed by atoms with Crippen molar-refractivity contribution < 1.29 is 18.0 Å². The molecule has 0 aromatic carbocycles. The molecule has 29 heavy (non-hydrogen) atoms. The third-order valence-corrected chi connectivity index (χ3v) is 5.00. The van der Waals surface area contributed by atoms with E-state index in [0.717, 1.165) is 11.2 Å². The third-order valence-electron chi connectivity index (χ3n) is 5.00. The van der Waals surface area contributed by atoms with Crippen LogP contribution in [0.5, 0.6) is 0 Å². The normalized spacial score (nSPS) is 16.4. The van der Waals surface area contributed by atoms with Gasteiger partial charge in [0.1, 0.15) is 0 Å². The van der Waals surface area contributed by atoms with Crippen LogP contribution in [0.15, 0.2) is 36.8 Å². The Hall–Kier alpha value is -2.95. The molecule has 1 N–H and O–H groups in total. The second-order valence-corrected chi connectivity index (χ2v) is 7.09. The number of nitrogens with zero attached hydrogens (tertiary/aromatic N) is 6. The van der Waals surface area contributed by atoms with E-state index in [-0.39, 0.29) is 24.2 Å². The summed E-state index contributed by atoms with van der Waals surface area (Å²) < 4.78 is 40.2. The number of amides is 1. The topological polar surface area (TPSA) is 80.4 Å². The minimum atomic E-state index is -4.14. The highest BCUT2D eigenvalue weighted by atomic mass is 19.4. The van der Waals surface area contributed by atoms with E-state index in [1.807, 2.05) is 12.1 Å². The average Bonchev–Trinajstić information content (AvgIpc) is 3.35. The van der Waals surface area contributed by atoms with Crippen molar-refractivity contribution in [2.45, 2.75) is 31.5 Å². The van der Waals surface area contributed by atoms with E-state index in [2.05, 4.69) is 20.7 Å². The van der Waals surface area contributed by atoms with Gasteiger partial charge in [0.05, 0.1) is 30.0 Å². The zero-order valence-electron chi connectivity index (χ0n) is 15.5. The number of carbonyl (C=O) groups excluding carboxylic acids is 1. The van der Waals surface area contributed by atoms with Gasteiger partial charge in [-0.25, -0.2) is 9.20 Å². The van der Waals surface area contributed by atoms with Gasteiger partial charge in [0.2, 0.25) is 0 Å². The molecule has 0 unspecified atom stereocenters. The molecule has 0 spiro atoms. The first-order valence-electron chi connectivity index (χ1n) is 9.33. The van der Waals surface area contributed by atoms with Gasteiger partial charge >= 0.3 is 6.18 Å². The maximum atomic E-state index is 12.5. The summed E-state index contributed by atoms with van der Waals surface area (Å²) in [5.41, 5.74) is 1.86. The van der Waals surface area contributed by atoms with Crippen LogP contribution in [0.25, 0.3) is 11.2 Å². The standard InChI is InChI=1S/C18H20F3N7O/c19-18(20,21)6-10-26-7-3-13(4-8-26)23-17(29)16-5-9-27(24-16)15-2-1-14-11-22-25-28(14)12-15/h1-2,5,9,11-13H,3-4,6-8,10H2,(H,23,29). The lowest BCUT2D eigenvalue weighted by Crippen LogP contribution is -2.45. The molecule has 1 amide bonds. The number of alkyl halides is 3. The number of likely N-dealkylation sites (tertiary alicyclic amines) is 1. The van der Waals surface area contributed by atoms with Crippen molar-refractivity contribution in [1.82, 2.24) is 34.8 Å². The highest BCUT2D eigenvalue weighted by Gasteiger charge is 2.29. The summed E-state index contributed by atoms with van der Waals surface area (Å²) in [4.78, 5) is 14.3. The van der Waals surface area contributed by atoms with Crippen LogP contribution in [0.4, 0.5) is 13.2 Å². The average molecular weight is 407 g/mol. The van der Waals surface area contributed by atoms with Gasteiger partial charge in [-0.3, -0.25) is 4.79 Å². The molecule has 8 nitrogen and oxygen atoms in total. The van der Waals surface area contributed by atoms with Crippen LogP contribution in [-0.2, 0) is 0 Å². The van der Waals surface area contributed by atoms with Gasteiger partial charge in [0, 0.05) is 31.9 Å². The van der Waals surface area contributed by atoms with Gasteiger partial charge in [-0.15, -0.1) is 5.10 Å². The third kappa shape index (κ3) is 4.73. The van der Waals surface area contributed by atoms with E-state index in [4.69, 9.17) is 0 Å². The van der Waals surface area contributed by atoms with E-state index in [1.54, 1.807) is 38.8 Å². The molecule has 154 valence electrons. The fourth-order valence-corrected chi connectivity index (χ4v) is 3.38. The minimum Gasteiger partial charge on any atom is -0.348 e. The van der Waals surface area contributed by atoms with Crippen molar-refractivity contribution in [2.24, 2.45) is 0 Å². The van der Waals surface area contributed by atoms with E-state index >= 15 is 0 Å². The van der Waals surface area contributed by atoms with E-state index in [1.165, 1.54) is 0 Å². The zero-order chi connectivity index (χ0) is 20.4. The molecule has 3 aromatic heterocycles. The Kier molecular flexibility index (Phi) is 5.22. The van der Waals surface area contributed by atoms with Crippen molar-refractivity contribution in [3.63, 3.8) is 0 Å². The number of carbonyl (C=O) groups is 1. The number of piperidine rings is 1. The molecule has 0 bridgehead atoms. The Balaban J connectivity index is 1.32. The smallest absolute Gasteiger partial charge is 0.348 e. The summed E-state index contributed by atoms with van der Waals surface area (Å²) in [6, 6.07) is 5.26. The Bertz CT molecular complexity index is 989. The highest BCUT2D eigenvalue weighted by molar-refractivity contribution is 5.92. The van der Waals surface area contributed by atoms with Crippen molar-refractivity contribution in [2.75, 3.05) is 19.6 Å². The summed E-state index contributed by atoms with van der Waals surface area (Å²) in [5.74, 6) is -0.292. The van der Waals surface area contributed by atoms with Gasteiger partial charge in [0.25, 0.3) is 5.91 Å². The minimum absolute atomic E-state index is 0.00465. The lowest BCUT2D eigenvalue weighted by Gasteiger charge is -2.32. The molecule has 11 heteroatoms. The van der Waals surface area contributed by atoms with Crippen molar-refractivity contribution in [1.29, 1.82) is 0 Å². The van der Waals surface area contributed by atoms with Gasteiger partial charge in [0.15, 0.2) is 5.69 Å². The highest BCUT2D eigenvalue weighted by Crippen LogP contribution is 2.21. The van der Waals surface area contributed by atoms with Crippen LogP contribution in [0, 0.1) is 0 Å². The number of hydrogen-bond donors (Lipinski definition) is 1. The van der Waals surface area contributed by atoms with Crippen LogP contribution in [0.3, 0.4) is 0 Å². The molecule has 1 aliphatic rings. The maximum Gasteiger partial charge on any atom is 0.390 e. The molecule has 3 aromatic rings. The molecular weight excluding hydrogens is 387 g/mol. The summed E-state index contributed by atoms with van der Waals surface area (Å²) in [5, 5.41) is 15.0. The second-order valence-electron chi connectivity index (χ2n) is 7.09. The van der Waals surface area contributed by atoms with Crippen molar-refractivity contribution in [3.05, 3.63) is 42.5 Å². The lowest BCUT2D eigenvalue weighted by molar-refractivity contribution is -0.138. The number of hydrogen-bond acceptors (Lipinski definition) is 5. The van der Waals surface area contributed by atoms with Crippen LogP contribution in [0.2, 0.25) is 0 Å². The first-order chi connectivity index (χ1) is 13.9. The van der Waals surface area contributed by atoms with Crippen LogP contribution in [0.1, 0.15) is 29.8 Å². The second kappa shape index (κ2) is 7.82. The molecule has 4 rings (SSSR count). The van der Waals surface area contributed by atoms with E-state index in [9.17, 15) is 18.0 Å². The number of nitrogens with one attached hydrogen (secondary N) is 1. The van der Waals surface area contributed by atoms with Gasteiger partial charge in [-0.05, 0) is 31.0 Å². The van der Waals surface area contributed by atoms with Crippen molar-refractivity contribution in [3.8, 4) is 5.69 Å². The molecule has 4 heterocycles. The fraction of sp³-hybridized carbons (Fsp3) is 0.444. The number of rotatable bonds is 5. The summed E-state index contributed by atoms with van der Waals surface area (Å²) in [6.07, 6.45) is 1.38. The quantitative estimate of drug-likeness (QED) is 0.700. The maximum absolute atomic E-state index is 12.5. The summed E-state index contributed by atoms with van der Waals surface area (Å²) in [6.45, 7) is 1.07. The SMILES string of the molecule is O=C(NC1CCN(CCC(F)(F)F)CC1)c1ccn(-c2ccc3cnnn3c2)n1. The van der Waals surface area contributed by atoms with E-state index in [0.29, 0.717) is 25.9 Å². The molecular formula is C18H20F3N7O. The van der Waals surface area contributed by atoms with Crippen LogP contribution >= 0.6 is 0 Å². The predicted octanol–water partition coefficient (Wildman–Crippen LogP) is 2.06. The Morgan fingerprint density at radius 1 is 1.21 bits per heavy atom. The molecule has 1 aliphatic heterocycles. The molecule has 0 aliphatic carbocycles. The Labute approximate surface area is 164 Å². The summed E-state index contributed by atoms with van der Waals surface area (Å²) in [7, 11) is 0. The fourth-order valence-electron chi connectivity index (χ4n) is 3.38. The van der Waals surface area contributed by atoms with Gasteiger partial charge in [-0.1, -0.05) is 5.21 Å². The molecule has 0 radical (unpaired) electrons. The van der Waals surface area contributed by atoms with Crippen LogP contribution < -0.4 is 5.32 Å². The number of halogens is 3. The molecule has 1 fully saturated rings. The van der Waals surface area contributed by atoms with Gasteiger partial charge in [-0.2, -0.15) is 18.3 Å².